The number of likely N-dealkylation sites (N-methyl/N-ethyl adjacent to an activating group) is 1. The van der Waals surface area contributed by atoms with Crippen LogP contribution in [0.5, 0.6) is 0 Å². The molecule has 26 heavy (non-hydrogen) atoms. The van der Waals surface area contributed by atoms with Crippen molar-refractivity contribution in [2.45, 2.75) is 52.2 Å². The fourth-order valence-electron chi connectivity index (χ4n) is 4.14. The van der Waals surface area contributed by atoms with Gasteiger partial charge in [0.2, 0.25) is 0 Å². The highest BCUT2D eigenvalue weighted by molar-refractivity contribution is 5.86. The molecule has 0 fully saturated rings. The summed E-state index contributed by atoms with van der Waals surface area (Å²) in [5.74, 6) is -0.165. The number of rotatable bonds is 4. The van der Waals surface area contributed by atoms with E-state index < -0.39 is 0 Å². The van der Waals surface area contributed by atoms with E-state index in [0.717, 1.165) is 32.4 Å². The molecule has 1 aliphatic heterocycles. The molecule has 0 aliphatic carbocycles. The number of hydrogen-bond acceptors (Lipinski definition) is 1. The van der Waals surface area contributed by atoms with Gasteiger partial charge in [0.1, 0.15) is 5.82 Å². The van der Waals surface area contributed by atoms with Crippen molar-refractivity contribution in [3.8, 4) is 0 Å². The summed E-state index contributed by atoms with van der Waals surface area (Å²) in [5.41, 5.74) is 6.91. The molecule has 1 aromatic heterocycles. The molecule has 0 radical (unpaired) electrons. The lowest BCUT2D eigenvalue weighted by Gasteiger charge is -2.31. The molecule has 4 rings (SSSR count). The summed E-state index contributed by atoms with van der Waals surface area (Å²) < 4.78 is 15.7. The van der Waals surface area contributed by atoms with E-state index in [1.165, 1.54) is 33.3 Å². The van der Waals surface area contributed by atoms with Gasteiger partial charge in [0.15, 0.2) is 0 Å². The van der Waals surface area contributed by atoms with E-state index in [1.54, 1.807) is 12.1 Å². The van der Waals surface area contributed by atoms with Crippen LogP contribution in [0.2, 0.25) is 0 Å². The zero-order valence-electron chi connectivity index (χ0n) is 15.9. The van der Waals surface area contributed by atoms with Gasteiger partial charge < -0.3 is 4.57 Å². The lowest BCUT2D eigenvalue weighted by Crippen LogP contribution is -2.35. The van der Waals surface area contributed by atoms with Crippen LogP contribution < -0.4 is 0 Å². The van der Waals surface area contributed by atoms with Crippen LogP contribution in [0.3, 0.4) is 0 Å². The molecule has 136 valence electrons. The molecule has 2 heterocycles. The standard InChI is InChI=1S/C23H27FN2/c1-4-17-7-10-22-20(14-17)21-15-25(3)16(2)13-23(21)26(22)12-11-18-5-8-19(24)9-6-18/h5-10,14,16H,4,11-13,15H2,1-3H3. The van der Waals surface area contributed by atoms with Crippen molar-refractivity contribution in [1.29, 1.82) is 0 Å². The quantitative estimate of drug-likeness (QED) is 0.645. The first-order valence-electron chi connectivity index (χ1n) is 9.64. The SMILES string of the molecule is CCc1ccc2c(c1)c1c(n2CCc2ccc(F)cc2)CC(C)N(C)C1. The second kappa shape index (κ2) is 6.88. The lowest BCUT2D eigenvalue weighted by molar-refractivity contribution is 0.228. The summed E-state index contributed by atoms with van der Waals surface area (Å²) in [6.45, 7) is 6.48. The number of aryl methyl sites for hydroxylation is 3. The maximum atomic E-state index is 13.2. The van der Waals surface area contributed by atoms with Crippen LogP contribution in [0.4, 0.5) is 4.39 Å². The second-order valence-corrected chi connectivity index (χ2v) is 7.63. The molecule has 0 N–H and O–H groups in total. The summed E-state index contributed by atoms with van der Waals surface area (Å²) in [4.78, 5) is 2.45. The average molecular weight is 350 g/mol. The van der Waals surface area contributed by atoms with Gasteiger partial charge in [-0.3, -0.25) is 4.90 Å². The van der Waals surface area contributed by atoms with Gasteiger partial charge in [-0.2, -0.15) is 0 Å². The Hall–Kier alpha value is -2.13. The topological polar surface area (TPSA) is 8.17 Å². The zero-order valence-corrected chi connectivity index (χ0v) is 15.9. The predicted octanol–water partition coefficient (Wildman–Crippen LogP) is 4.96. The van der Waals surface area contributed by atoms with E-state index in [2.05, 4.69) is 48.6 Å². The third kappa shape index (κ3) is 3.05. The number of nitrogens with zero attached hydrogens (tertiary/aromatic N) is 2. The van der Waals surface area contributed by atoms with Gasteiger partial charge in [-0.1, -0.05) is 25.1 Å². The summed E-state index contributed by atoms with van der Waals surface area (Å²) in [6.07, 6.45) is 3.08. The Bertz CT molecular complexity index is 924. The van der Waals surface area contributed by atoms with Gasteiger partial charge in [0.25, 0.3) is 0 Å². The Balaban J connectivity index is 1.75. The Morgan fingerprint density at radius 2 is 1.81 bits per heavy atom. The van der Waals surface area contributed by atoms with E-state index in [9.17, 15) is 4.39 Å². The summed E-state index contributed by atoms with van der Waals surface area (Å²) in [7, 11) is 2.22. The van der Waals surface area contributed by atoms with Gasteiger partial charge in [0.05, 0.1) is 0 Å². The molecule has 0 spiro atoms. The van der Waals surface area contributed by atoms with Crippen molar-refractivity contribution in [3.05, 3.63) is 70.7 Å². The third-order valence-corrected chi connectivity index (χ3v) is 5.95. The van der Waals surface area contributed by atoms with E-state index >= 15 is 0 Å². The van der Waals surface area contributed by atoms with E-state index in [1.807, 2.05) is 12.1 Å². The summed E-state index contributed by atoms with van der Waals surface area (Å²) in [5, 5.41) is 1.41. The van der Waals surface area contributed by atoms with E-state index in [4.69, 9.17) is 0 Å². The van der Waals surface area contributed by atoms with Crippen LogP contribution in [0.25, 0.3) is 10.9 Å². The monoisotopic (exact) mass is 350 g/mol. The van der Waals surface area contributed by atoms with Crippen molar-refractivity contribution >= 4 is 10.9 Å². The predicted molar refractivity (Wildman–Crippen MR) is 106 cm³/mol. The number of aromatic nitrogens is 1. The normalized spacial score (nSPS) is 17.6. The molecule has 2 nitrogen and oxygen atoms in total. The Morgan fingerprint density at radius 3 is 2.54 bits per heavy atom. The van der Waals surface area contributed by atoms with Gasteiger partial charge in [0, 0.05) is 42.1 Å². The molecule has 3 heteroatoms. The first-order valence-corrected chi connectivity index (χ1v) is 9.64. The second-order valence-electron chi connectivity index (χ2n) is 7.63. The maximum absolute atomic E-state index is 13.2. The van der Waals surface area contributed by atoms with Gasteiger partial charge in [-0.25, -0.2) is 4.39 Å². The molecule has 1 aliphatic rings. The summed E-state index contributed by atoms with van der Waals surface area (Å²) in [6, 6.07) is 14.4. The average Bonchev–Trinajstić information content (AvgIpc) is 2.94. The molecule has 0 saturated carbocycles. The first kappa shape index (κ1) is 17.3. The molecular weight excluding hydrogens is 323 g/mol. The molecule has 0 amide bonds. The van der Waals surface area contributed by atoms with Crippen LogP contribution in [0.1, 0.15) is 36.2 Å². The zero-order chi connectivity index (χ0) is 18.3. The minimum Gasteiger partial charge on any atom is -0.344 e. The smallest absolute Gasteiger partial charge is 0.123 e. The lowest BCUT2D eigenvalue weighted by atomic mass is 9.99. The first-order chi connectivity index (χ1) is 12.6. The van der Waals surface area contributed by atoms with E-state index in [0.29, 0.717) is 6.04 Å². The van der Waals surface area contributed by atoms with Crippen LogP contribution >= 0.6 is 0 Å². The van der Waals surface area contributed by atoms with Crippen LogP contribution in [-0.2, 0) is 32.4 Å². The van der Waals surface area contributed by atoms with Crippen molar-refractivity contribution in [2.75, 3.05) is 7.05 Å². The maximum Gasteiger partial charge on any atom is 0.123 e. The van der Waals surface area contributed by atoms with Crippen molar-refractivity contribution < 1.29 is 4.39 Å². The number of halogens is 1. The van der Waals surface area contributed by atoms with Gasteiger partial charge >= 0.3 is 0 Å². The largest absolute Gasteiger partial charge is 0.344 e. The van der Waals surface area contributed by atoms with Crippen molar-refractivity contribution in [1.82, 2.24) is 9.47 Å². The minimum absolute atomic E-state index is 0.165. The van der Waals surface area contributed by atoms with Gasteiger partial charge in [-0.05, 0) is 67.8 Å². The summed E-state index contributed by atoms with van der Waals surface area (Å²) >= 11 is 0. The minimum atomic E-state index is -0.165. The number of benzene rings is 2. The molecule has 0 bridgehead atoms. The number of hydrogen-bond donors (Lipinski definition) is 0. The highest BCUT2D eigenvalue weighted by Crippen LogP contribution is 2.33. The fourth-order valence-corrected chi connectivity index (χ4v) is 4.14. The molecular formula is C23H27FN2. The Morgan fingerprint density at radius 1 is 1.08 bits per heavy atom. The Kier molecular flexibility index (Phi) is 4.58. The molecule has 1 unspecified atom stereocenters. The molecule has 2 aromatic carbocycles. The molecule has 3 aromatic rings. The molecule has 0 saturated heterocycles. The van der Waals surface area contributed by atoms with Crippen molar-refractivity contribution in [3.63, 3.8) is 0 Å². The van der Waals surface area contributed by atoms with E-state index in [-0.39, 0.29) is 5.82 Å². The number of fused-ring (bicyclic) bond motifs is 3. The molecule has 1 atom stereocenters. The van der Waals surface area contributed by atoms with Crippen molar-refractivity contribution in [2.24, 2.45) is 0 Å². The van der Waals surface area contributed by atoms with Crippen LogP contribution in [-0.4, -0.2) is 22.6 Å². The van der Waals surface area contributed by atoms with Crippen LogP contribution in [0.15, 0.2) is 42.5 Å². The fraction of sp³-hybridized carbons (Fsp3) is 0.391. The third-order valence-electron chi connectivity index (χ3n) is 5.95. The Labute approximate surface area is 155 Å². The van der Waals surface area contributed by atoms with Gasteiger partial charge in [-0.15, -0.1) is 0 Å². The highest BCUT2D eigenvalue weighted by atomic mass is 19.1. The van der Waals surface area contributed by atoms with Crippen LogP contribution in [0, 0.1) is 5.82 Å². The highest BCUT2D eigenvalue weighted by Gasteiger charge is 2.26.